The van der Waals surface area contributed by atoms with E-state index >= 15 is 0 Å². The Morgan fingerprint density at radius 1 is 1.60 bits per heavy atom. The summed E-state index contributed by atoms with van der Waals surface area (Å²) >= 11 is 2.07. The van der Waals surface area contributed by atoms with Gasteiger partial charge in [0.05, 0.1) is 11.9 Å². The SMILES string of the molecule is CCC1CN(c2ccc(N)cn2)CCS1. The zero-order valence-electron chi connectivity index (χ0n) is 9.02. The number of anilines is 2. The topological polar surface area (TPSA) is 42.1 Å². The Labute approximate surface area is 95.1 Å². The third-order valence-corrected chi connectivity index (χ3v) is 4.06. The summed E-state index contributed by atoms with van der Waals surface area (Å²) in [5.74, 6) is 2.26. The summed E-state index contributed by atoms with van der Waals surface area (Å²) in [6, 6.07) is 3.93. The van der Waals surface area contributed by atoms with Gasteiger partial charge < -0.3 is 10.6 Å². The molecular formula is C11H17N3S. The average Bonchev–Trinajstić information content (AvgIpc) is 2.30. The van der Waals surface area contributed by atoms with E-state index < -0.39 is 0 Å². The van der Waals surface area contributed by atoms with Gasteiger partial charge in [0.1, 0.15) is 5.82 Å². The molecule has 82 valence electrons. The molecule has 0 radical (unpaired) electrons. The summed E-state index contributed by atoms with van der Waals surface area (Å²) in [7, 11) is 0. The Kier molecular flexibility index (Phi) is 3.36. The zero-order chi connectivity index (χ0) is 10.7. The van der Waals surface area contributed by atoms with Crippen LogP contribution < -0.4 is 10.6 Å². The molecule has 1 unspecified atom stereocenters. The van der Waals surface area contributed by atoms with Crippen molar-refractivity contribution in [1.82, 2.24) is 4.98 Å². The maximum absolute atomic E-state index is 5.62. The standard InChI is InChI=1S/C11H17N3S/c1-2-10-8-14(5-6-15-10)11-4-3-9(12)7-13-11/h3-4,7,10H,2,5-6,8,12H2,1H3. The van der Waals surface area contributed by atoms with Crippen molar-refractivity contribution in [2.24, 2.45) is 0 Å². The van der Waals surface area contributed by atoms with Crippen molar-refractivity contribution in [1.29, 1.82) is 0 Å². The van der Waals surface area contributed by atoms with Crippen molar-refractivity contribution in [2.75, 3.05) is 29.5 Å². The van der Waals surface area contributed by atoms with Crippen LogP contribution in [0.3, 0.4) is 0 Å². The number of aromatic nitrogens is 1. The van der Waals surface area contributed by atoms with Crippen LogP contribution in [0.4, 0.5) is 11.5 Å². The molecule has 0 amide bonds. The van der Waals surface area contributed by atoms with Gasteiger partial charge in [0.25, 0.3) is 0 Å². The van der Waals surface area contributed by atoms with Gasteiger partial charge in [0.2, 0.25) is 0 Å². The molecule has 2 rings (SSSR count). The van der Waals surface area contributed by atoms with Crippen molar-refractivity contribution < 1.29 is 0 Å². The number of pyridine rings is 1. The highest BCUT2D eigenvalue weighted by Gasteiger charge is 2.19. The van der Waals surface area contributed by atoms with Gasteiger partial charge in [-0.25, -0.2) is 4.98 Å². The Balaban J connectivity index is 2.06. The van der Waals surface area contributed by atoms with Crippen molar-refractivity contribution in [2.45, 2.75) is 18.6 Å². The first kappa shape index (κ1) is 10.6. The first-order valence-electron chi connectivity index (χ1n) is 5.37. The molecule has 2 heterocycles. The number of thioether (sulfide) groups is 1. The molecule has 1 aromatic heterocycles. The summed E-state index contributed by atoms with van der Waals surface area (Å²) < 4.78 is 0. The van der Waals surface area contributed by atoms with Gasteiger partial charge in [0.15, 0.2) is 0 Å². The Bertz CT molecular complexity index is 312. The van der Waals surface area contributed by atoms with Gasteiger partial charge in [-0.1, -0.05) is 6.92 Å². The summed E-state index contributed by atoms with van der Waals surface area (Å²) in [6.45, 7) is 4.45. The molecule has 2 N–H and O–H groups in total. The summed E-state index contributed by atoms with van der Waals surface area (Å²) in [5, 5.41) is 0.748. The molecule has 1 atom stereocenters. The van der Waals surface area contributed by atoms with Gasteiger partial charge in [-0.3, -0.25) is 0 Å². The highest BCUT2D eigenvalue weighted by atomic mass is 32.2. The second kappa shape index (κ2) is 4.75. The fourth-order valence-electron chi connectivity index (χ4n) is 1.76. The number of nitrogens with zero attached hydrogens (tertiary/aromatic N) is 2. The van der Waals surface area contributed by atoms with E-state index in [-0.39, 0.29) is 0 Å². The molecular weight excluding hydrogens is 206 g/mol. The van der Waals surface area contributed by atoms with Crippen LogP contribution in [0.15, 0.2) is 18.3 Å². The lowest BCUT2D eigenvalue weighted by molar-refractivity contribution is 0.720. The van der Waals surface area contributed by atoms with Gasteiger partial charge in [-0.15, -0.1) is 0 Å². The highest BCUT2D eigenvalue weighted by Crippen LogP contribution is 2.24. The molecule has 15 heavy (non-hydrogen) atoms. The molecule has 1 fully saturated rings. The first-order chi connectivity index (χ1) is 7.29. The van der Waals surface area contributed by atoms with Crippen LogP contribution in [0.5, 0.6) is 0 Å². The van der Waals surface area contributed by atoms with Crippen LogP contribution in [-0.4, -0.2) is 29.1 Å². The number of rotatable bonds is 2. The van der Waals surface area contributed by atoms with Crippen LogP contribution in [0.1, 0.15) is 13.3 Å². The van der Waals surface area contributed by atoms with Crippen molar-refractivity contribution in [3.05, 3.63) is 18.3 Å². The maximum Gasteiger partial charge on any atom is 0.128 e. The Hall–Kier alpha value is -0.900. The molecule has 3 nitrogen and oxygen atoms in total. The van der Waals surface area contributed by atoms with E-state index in [2.05, 4.69) is 28.6 Å². The normalized spacial score (nSPS) is 21.7. The lowest BCUT2D eigenvalue weighted by atomic mass is 10.3. The summed E-state index contributed by atoms with van der Waals surface area (Å²) in [6.07, 6.45) is 2.97. The molecule has 1 saturated heterocycles. The second-order valence-electron chi connectivity index (χ2n) is 3.80. The van der Waals surface area contributed by atoms with E-state index in [1.54, 1.807) is 6.20 Å². The van der Waals surface area contributed by atoms with Gasteiger partial charge in [-0.2, -0.15) is 11.8 Å². The van der Waals surface area contributed by atoms with Crippen LogP contribution >= 0.6 is 11.8 Å². The first-order valence-corrected chi connectivity index (χ1v) is 6.42. The van der Waals surface area contributed by atoms with Gasteiger partial charge >= 0.3 is 0 Å². The molecule has 1 aliphatic rings. The number of hydrogen-bond donors (Lipinski definition) is 1. The van der Waals surface area contributed by atoms with Crippen LogP contribution in [0.25, 0.3) is 0 Å². The third-order valence-electron chi connectivity index (χ3n) is 2.69. The minimum Gasteiger partial charge on any atom is -0.397 e. The van der Waals surface area contributed by atoms with Crippen LogP contribution in [0, 0.1) is 0 Å². The van der Waals surface area contributed by atoms with Crippen molar-refractivity contribution >= 4 is 23.3 Å². The Morgan fingerprint density at radius 2 is 2.47 bits per heavy atom. The zero-order valence-corrected chi connectivity index (χ0v) is 9.83. The molecule has 4 heteroatoms. The van der Waals surface area contributed by atoms with Crippen molar-refractivity contribution in [3.8, 4) is 0 Å². The largest absolute Gasteiger partial charge is 0.397 e. The van der Waals surface area contributed by atoms with Crippen molar-refractivity contribution in [3.63, 3.8) is 0 Å². The predicted molar refractivity (Wildman–Crippen MR) is 67.4 cm³/mol. The molecule has 0 aliphatic carbocycles. The number of hydrogen-bond acceptors (Lipinski definition) is 4. The van der Waals surface area contributed by atoms with E-state index in [1.807, 2.05) is 12.1 Å². The van der Waals surface area contributed by atoms with E-state index in [1.165, 1.54) is 12.2 Å². The van der Waals surface area contributed by atoms with Gasteiger partial charge in [0, 0.05) is 24.1 Å². The van der Waals surface area contributed by atoms with Gasteiger partial charge in [-0.05, 0) is 18.6 Å². The molecule has 1 aromatic rings. The third kappa shape index (κ3) is 2.56. The quantitative estimate of drug-likeness (QED) is 0.832. The van der Waals surface area contributed by atoms with E-state index in [9.17, 15) is 0 Å². The number of nitrogen functional groups attached to an aromatic ring is 1. The molecule has 1 aliphatic heterocycles. The minimum absolute atomic E-state index is 0.733. The maximum atomic E-state index is 5.62. The number of nitrogens with two attached hydrogens (primary N) is 1. The average molecular weight is 223 g/mol. The van der Waals surface area contributed by atoms with Crippen LogP contribution in [-0.2, 0) is 0 Å². The Morgan fingerprint density at radius 3 is 3.13 bits per heavy atom. The van der Waals surface area contributed by atoms with E-state index in [4.69, 9.17) is 5.73 Å². The highest BCUT2D eigenvalue weighted by molar-refractivity contribution is 8.00. The second-order valence-corrected chi connectivity index (χ2v) is 5.21. The van der Waals surface area contributed by atoms with Crippen LogP contribution in [0.2, 0.25) is 0 Å². The smallest absolute Gasteiger partial charge is 0.128 e. The van der Waals surface area contributed by atoms with E-state index in [0.29, 0.717) is 0 Å². The fourth-order valence-corrected chi connectivity index (χ4v) is 2.94. The molecule has 0 aromatic carbocycles. The minimum atomic E-state index is 0.733. The predicted octanol–water partition coefficient (Wildman–Crippen LogP) is 2.00. The fraction of sp³-hybridized carbons (Fsp3) is 0.545. The molecule has 0 spiro atoms. The lowest BCUT2D eigenvalue weighted by Gasteiger charge is -2.32. The lowest BCUT2D eigenvalue weighted by Crippen LogP contribution is -2.38. The molecule has 0 saturated carbocycles. The molecule has 0 bridgehead atoms. The van der Waals surface area contributed by atoms with E-state index in [0.717, 1.165) is 29.8 Å². The summed E-state index contributed by atoms with van der Waals surface area (Å²) in [4.78, 5) is 6.71. The summed E-state index contributed by atoms with van der Waals surface area (Å²) in [5.41, 5.74) is 6.36. The monoisotopic (exact) mass is 223 g/mol.